The van der Waals surface area contributed by atoms with E-state index in [1.807, 2.05) is 13.8 Å². The maximum Gasteiger partial charge on any atom is 0.108 e. The van der Waals surface area contributed by atoms with Gasteiger partial charge in [-0.3, -0.25) is 0 Å². The van der Waals surface area contributed by atoms with E-state index in [9.17, 15) is 5.11 Å². The van der Waals surface area contributed by atoms with Crippen LogP contribution in [0.4, 0.5) is 0 Å². The zero-order chi connectivity index (χ0) is 9.12. The van der Waals surface area contributed by atoms with Crippen LogP contribution in [0.1, 0.15) is 27.2 Å². The van der Waals surface area contributed by atoms with E-state index in [-0.39, 0.29) is 0 Å². The van der Waals surface area contributed by atoms with E-state index < -0.39 is 5.60 Å². The molecule has 0 rings (SSSR count). The lowest BCUT2D eigenvalue weighted by Gasteiger charge is -2.34. The summed E-state index contributed by atoms with van der Waals surface area (Å²) in [6.45, 7) is 7.85. The van der Waals surface area contributed by atoms with Gasteiger partial charge in [0, 0.05) is 0 Å². The second-order valence-corrected chi connectivity index (χ2v) is 4.63. The van der Waals surface area contributed by atoms with E-state index in [1.54, 1.807) is 0 Å². The van der Waals surface area contributed by atoms with Crippen LogP contribution in [-0.2, 0) is 0 Å². The third-order valence-corrected chi connectivity index (χ3v) is 1.64. The monoisotopic (exact) mass is 160 g/mol. The Hall–Kier alpha value is -0.0800. The van der Waals surface area contributed by atoms with Crippen molar-refractivity contribution in [2.45, 2.75) is 32.8 Å². The van der Waals surface area contributed by atoms with Crippen LogP contribution in [0.15, 0.2) is 0 Å². The summed E-state index contributed by atoms with van der Waals surface area (Å²) in [6, 6.07) is 0. The van der Waals surface area contributed by atoms with Gasteiger partial charge in [-0.25, -0.2) is 0 Å². The summed E-state index contributed by atoms with van der Waals surface area (Å²) in [5.41, 5.74) is -0.543. The van der Waals surface area contributed by atoms with Gasteiger partial charge in [-0.15, -0.1) is 0 Å². The molecule has 68 valence electrons. The highest BCUT2D eigenvalue weighted by molar-refractivity contribution is 4.62. The molecular formula is C9H22NO+. The van der Waals surface area contributed by atoms with Crippen LogP contribution in [0.2, 0.25) is 0 Å². The minimum atomic E-state index is -0.543. The average molecular weight is 160 g/mol. The van der Waals surface area contributed by atoms with Crippen molar-refractivity contribution in [3.63, 3.8) is 0 Å². The molecule has 0 bridgehead atoms. The molecule has 0 spiro atoms. The van der Waals surface area contributed by atoms with Gasteiger partial charge in [-0.2, -0.15) is 0 Å². The predicted molar refractivity (Wildman–Crippen MR) is 48.4 cm³/mol. The molecule has 1 N–H and O–H groups in total. The van der Waals surface area contributed by atoms with E-state index in [1.165, 1.54) is 6.42 Å². The molecule has 0 heterocycles. The molecular weight excluding hydrogens is 138 g/mol. The Balaban J connectivity index is 3.91. The molecule has 0 saturated carbocycles. The van der Waals surface area contributed by atoms with Gasteiger partial charge in [0.25, 0.3) is 0 Å². The van der Waals surface area contributed by atoms with Crippen molar-refractivity contribution in [2.75, 3.05) is 27.2 Å². The minimum absolute atomic E-state index is 0.543. The van der Waals surface area contributed by atoms with Gasteiger partial charge >= 0.3 is 0 Å². The number of nitrogens with zero attached hydrogens (tertiary/aromatic N) is 1. The van der Waals surface area contributed by atoms with Crippen LogP contribution in [0.5, 0.6) is 0 Å². The molecule has 0 radical (unpaired) electrons. The van der Waals surface area contributed by atoms with Gasteiger partial charge in [0.15, 0.2) is 0 Å². The number of hydrogen-bond donors (Lipinski definition) is 1. The second-order valence-electron chi connectivity index (χ2n) is 4.63. The van der Waals surface area contributed by atoms with Gasteiger partial charge in [0.1, 0.15) is 12.1 Å². The lowest BCUT2D eigenvalue weighted by atomic mass is 10.1. The lowest BCUT2D eigenvalue weighted by molar-refractivity contribution is -0.896. The largest absolute Gasteiger partial charge is 0.385 e. The van der Waals surface area contributed by atoms with Gasteiger partial charge in [-0.05, 0) is 20.3 Å². The molecule has 0 atom stereocenters. The highest BCUT2D eigenvalue weighted by Gasteiger charge is 2.24. The molecule has 0 unspecified atom stereocenters. The Morgan fingerprint density at radius 1 is 1.27 bits per heavy atom. The molecule has 0 aliphatic rings. The molecule has 0 aliphatic heterocycles. The smallest absolute Gasteiger partial charge is 0.108 e. The molecule has 0 amide bonds. The van der Waals surface area contributed by atoms with E-state index in [2.05, 4.69) is 21.0 Å². The Morgan fingerprint density at radius 3 is 2.00 bits per heavy atom. The van der Waals surface area contributed by atoms with Crippen LogP contribution < -0.4 is 0 Å². The average Bonchev–Trinajstić information content (AvgIpc) is 1.55. The lowest BCUT2D eigenvalue weighted by Crippen LogP contribution is -2.49. The maximum absolute atomic E-state index is 9.56. The quantitative estimate of drug-likeness (QED) is 0.614. The zero-order valence-corrected chi connectivity index (χ0v) is 8.52. The van der Waals surface area contributed by atoms with Gasteiger partial charge in [0.05, 0.1) is 20.6 Å². The zero-order valence-electron chi connectivity index (χ0n) is 8.52. The van der Waals surface area contributed by atoms with Crippen LogP contribution >= 0.6 is 0 Å². The van der Waals surface area contributed by atoms with Crippen molar-refractivity contribution in [2.24, 2.45) is 0 Å². The Labute approximate surface area is 70.4 Å². The molecule has 0 saturated heterocycles. The van der Waals surface area contributed by atoms with E-state index in [0.717, 1.165) is 17.6 Å². The fourth-order valence-electron chi connectivity index (χ4n) is 1.73. The summed E-state index contributed by atoms with van der Waals surface area (Å²) < 4.78 is 0.903. The first-order chi connectivity index (χ1) is 4.77. The van der Waals surface area contributed by atoms with Crippen molar-refractivity contribution in [3.8, 4) is 0 Å². The van der Waals surface area contributed by atoms with E-state index in [4.69, 9.17) is 0 Å². The van der Waals surface area contributed by atoms with E-state index >= 15 is 0 Å². The predicted octanol–water partition coefficient (Wildman–Crippen LogP) is 1.24. The number of likely N-dealkylation sites (N-methyl/N-ethyl adjacent to an activating group) is 1. The summed E-state index contributed by atoms with van der Waals surface area (Å²) in [7, 11) is 4.31. The Kier molecular flexibility index (Phi) is 3.52. The fourth-order valence-corrected chi connectivity index (χ4v) is 1.73. The summed E-state index contributed by atoms with van der Waals surface area (Å²) in [4.78, 5) is 0. The topological polar surface area (TPSA) is 20.2 Å². The molecule has 11 heavy (non-hydrogen) atoms. The molecule has 0 aromatic rings. The molecule has 0 fully saturated rings. The Morgan fingerprint density at radius 2 is 1.73 bits per heavy atom. The highest BCUT2D eigenvalue weighted by atomic mass is 16.3. The van der Waals surface area contributed by atoms with Crippen molar-refractivity contribution < 1.29 is 9.59 Å². The number of aliphatic hydroxyl groups is 1. The highest BCUT2D eigenvalue weighted by Crippen LogP contribution is 2.09. The molecule has 2 heteroatoms. The van der Waals surface area contributed by atoms with Gasteiger partial charge in [-0.1, -0.05) is 6.92 Å². The first-order valence-electron chi connectivity index (χ1n) is 4.31. The normalized spacial score (nSPS) is 13.6. The van der Waals surface area contributed by atoms with Crippen LogP contribution in [0.3, 0.4) is 0 Å². The standard InChI is InChI=1S/C9H22NO/c1-6-7-10(4,5)8-9(2,3)11/h11H,6-8H2,1-5H3/q+1. The molecule has 0 aromatic heterocycles. The first kappa shape index (κ1) is 10.9. The van der Waals surface area contributed by atoms with Crippen LogP contribution in [-0.4, -0.2) is 42.4 Å². The number of rotatable bonds is 4. The van der Waals surface area contributed by atoms with Crippen LogP contribution in [0, 0.1) is 0 Å². The van der Waals surface area contributed by atoms with Crippen molar-refractivity contribution in [3.05, 3.63) is 0 Å². The number of quaternary nitrogens is 1. The second kappa shape index (κ2) is 3.55. The third-order valence-electron chi connectivity index (χ3n) is 1.64. The maximum atomic E-state index is 9.56. The SMILES string of the molecule is CCC[N+](C)(C)CC(C)(C)O. The molecule has 0 aliphatic carbocycles. The van der Waals surface area contributed by atoms with Crippen molar-refractivity contribution in [1.29, 1.82) is 0 Å². The van der Waals surface area contributed by atoms with Crippen molar-refractivity contribution in [1.82, 2.24) is 0 Å². The summed E-state index contributed by atoms with van der Waals surface area (Å²) in [5.74, 6) is 0. The number of hydrogen-bond acceptors (Lipinski definition) is 1. The first-order valence-corrected chi connectivity index (χ1v) is 4.31. The van der Waals surface area contributed by atoms with Crippen molar-refractivity contribution >= 4 is 0 Å². The summed E-state index contributed by atoms with van der Waals surface area (Å²) >= 11 is 0. The molecule has 0 aromatic carbocycles. The van der Waals surface area contributed by atoms with Gasteiger partial charge in [0.2, 0.25) is 0 Å². The summed E-state index contributed by atoms with van der Waals surface area (Å²) in [5, 5.41) is 9.56. The molecule has 2 nitrogen and oxygen atoms in total. The Bertz CT molecular complexity index is 113. The fraction of sp³-hybridized carbons (Fsp3) is 1.00. The third kappa shape index (κ3) is 6.32. The van der Waals surface area contributed by atoms with Gasteiger partial charge < -0.3 is 9.59 Å². The minimum Gasteiger partial charge on any atom is -0.385 e. The summed E-state index contributed by atoms with van der Waals surface area (Å²) in [6.07, 6.45) is 1.17. The van der Waals surface area contributed by atoms with E-state index in [0.29, 0.717) is 0 Å². The van der Waals surface area contributed by atoms with Crippen LogP contribution in [0.25, 0.3) is 0 Å².